The van der Waals surface area contributed by atoms with Crippen molar-refractivity contribution >= 4 is 37.5 Å². The summed E-state index contributed by atoms with van der Waals surface area (Å²) in [6.07, 6.45) is 3.22. The van der Waals surface area contributed by atoms with E-state index < -0.39 is 15.8 Å². The summed E-state index contributed by atoms with van der Waals surface area (Å²) < 4.78 is 41.9. The number of para-hydroxylation sites is 1. The predicted octanol–water partition coefficient (Wildman–Crippen LogP) is 4.24. The number of carbonyl (C=O) groups excluding carboxylic acids is 1. The second-order valence-corrected chi connectivity index (χ2v) is 11.8. The fourth-order valence-corrected chi connectivity index (χ4v) is 7.44. The van der Waals surface area contributed by atoms with Gasteiger partial charge in [0.25, 0.3) is 0 Å². The zero-order valence-corrected chi connectivity index (χ0v) is 19.8. The van der Waals surface area contributed by atoms with Gasteiger partial charge in [-0.1, -0.05) is 12.1 Å². The minimum Gasteiger partial charge on any atom is -0.342 e. The summed E-state index contributed by atoms with van der Waals surface area (Å²) in [6, 6.07) is 12.9. The highest BCUT2D eigenvalue weighted by Gasteiger charge is 2.36. The second-order valence-electron chi connectivity index (χ2n) is 8.80. The van der Waals surface area contributed by atoms with E-state index in [9.17, 15) is 17.6 Å². The summed E-state index contributed by atoms with van der Waals surface area (Å²) in [5.41, 5.74) is 0.995. The van der Waals surface area contributed by atoms with Crippen LogP contribution in [0.4, 0.5) is 4.39 Å². The van der Waals surface area contributed by atoms with Crippen molar-refractivity contribution in [3.8, 4) is 0 Å². The fourth-order valence-electron chi connectivity index (χ4n) is 4.82. The van der Waals surface area contributed by atoms with Gasteiger partial charge in [-0.2, -0.15) is 4.31 Å². The maximum absolute atomic E-state index is 13.4. The van der Waals surface area contributed by atoms with Crippen molar-refractivity contribution in [3.63, 3.8) is 0 Å². The van der Waals surface area contributed by atoms with Crippen LogP contribution in [0.25, 0.3) is 10.2 Å². The molecule has 0 radical (unpaired) electrons. The molecule has 2 aliphatic heterocycles. The molecule has 9 heteroatoms. The topological polar surface area (TPSA) is 70.6 Å². The lowest BCUT2D eigenvalue weighted by Crippen LogP contribution is -2.48. The number of likely N-dealkylation sites (tertiary alicyclic amines) is 1. The van der Waals surface area contributed by atoms with Gasteiger partial charge in [0.2, 0.25) is 15.9 Å². The zero-order valence-electron chi connectivity index (χ0n) is 18.2. The first-order valence-corrected chi connectivity index (χ1v) is 13.6. The van der Waals surface area contributed by atoms with Crippen LogP contribution >= 0.6 is 11.3 Å². The van der Waals surface area contributed by atoms with E-state index in [4.69, 9.17) is 4.98 Å². The van der Waals surface area contributed by atoms with Gasteiger partial charge in [0.05, 0.1) is 26.0 Å². The molecule has 0 unspecified atom stereocenters. The number of carbonyl (C=O) groups is 1. The Balaban J connectivity index is 1.29. The van der Waals surface area contributed by atoms with Crippen LogP contribution in [-0.2, 0) is 14.8 Å². The standard InChI is InChI=1S/C24H26FN3O3S2/c25-19-9-11-20(12-10-19)33(30,31)28-14-4-6-18(16-28)24(29)27-13-3-5-17(15-27)23-26-21-7-1-2-8-22(21)32-23/h1-2,7-12,17-18H,3-6,13-16H2/t17-,18-/m0/s1. The van der Waals surface area contributed by atoms with E-state index in [-0.39, 0.29) is 29.2 Å². The van der Waals surface area contributed by atoms with Gasteiger partial charge in [-0.15, -0.1) is 11.3 Å². The highest BCUT2D eigenvalue weighted by molar-refractivity contribution is 7.89. The fraction of sp³-hybridized carbons (Fsp3) is 0.417. The van der Waals surface area contributed by atoms with Crippen LogP contribution in [0.15, 0.2) is 53.4 Å². The third-order valence-electron chi connectivity index (χ3n) is 6.58. The van der Waals surface area contributed by atoms with Crippen LogP contribution < -0.4 is 0 Å². The molecular formula is C24H26FN3O3S2. The second kappa shape index (κ2) is 9.12. The van der Waals surface area contributed by atoms with E-state index in [0.717, 1.165) is 40.2 Å². The summed E-state index contributed by atoms with van der Waals surface area (Å²) >= 11 is 1.69. The van der Waals surface area contributed by atoms with Crippen LogP contribution in [-0.4, -0.2) is 54.7 Å². The van der Waals surface area contributed by atoms with Crippen molar-refractivity contribution < 1.29 is 17.6 Å². The van der Waals surface area contributed by atoms with E-state index in [0.29, 0.717) is 32.5 Å². The first-order chi connectivity index (χ1) is 15.9. The van der Waals surface area contributed by atoms with Crippen molar-refractivity contribution in [2.45, 2.75) is 36.5 Å². The van der Waals surface area contributed by atoms with Gasteiger partial charge >= 0.3 is 0 Å². The van der Waals surface area contributed by atoms with Crippen molar-refractivity contribution in [1.82, 2.24) is 14.2 Å². The Kier molecular flexibility index (Phi) is 6.20. The maximum Gasteiger partial charge on any atom is 0.243 e. The van der Waals surface area contributed by atoms with Crippen molar-refractivity contribution in [2.75, 3.05) is 26.2 Å². The molecule has 2 atom stereocenters. The number of hydrogen-bond donors (Lipinski definition) is 0. The summed E-state index contributed by atoms with van der Waals surface area (Å²) in [5, 5.41) is 1.07. The SMILES string of the molecule is O=C([C@H]1CCCN(S(=O)(=O)c2ccc(F)cc2)C1)N1CCC[C@H](c2nc3ccccc3s2)C1. The van der Waals surface area contributed by atoms with Crippen LogP contribution in [0, 0.1) is 11.7 Å². The molecule has 3 heterocycles. The normalized spacial score (nSPS) is 22.5. The maximum atomic E-state index is 13.4. The monoisotopic (exact) mass is 487 g/mol. The molecule has 174 valence electrons. The van der Waals surface area contributed by atoms with E-state index in [2.05, 4.69) is 6.07 Å². The molecule has 2 aromatic carbocycles. The number of benzene rings is 2. The number of aromatic nitrogens is 1. The quantitative estimate of drug-likeness (QED) is 0.552. The summed E-state index contributed by atoms with van der Waals surface area (Å²) in [6.45, 7) is 1.86. The molecule has 2 saturated heterocycles. The third-order valence-corrected chi connectivity index (χ3v) is 9.66. The van der Waals surface area contributed by atoms with Crippen LogP contribution in [0.1, 0.15) is 36.6 Å². The number of hydrogen-bond acceptors (Lipinski definition) is 5. The molecular weight excluding hydrogens is 461 g/mol. The number of sulfonamides is 1. The number of fused-ring (bicyclic) bond motifs is 1. The van der Waals surface area contributed by atoms with Crippen LogP contribution in [0.2, 0.25) is 0 Å². The summed E-state index contributed by atoms with van der Waals surface area (Å²) in [5.74, 6) is -0.598. The molecule has 33 heavy (non-hydrogen) atoms. The Bertz CT molecular complexity index is 1230. The number of piperidine rings is 2. The molecule has 0 bridgehead atoms. The lowest BCUT2D eigenvalue weighted by molar-refractivity contribution is -0.137. The van der Waals surface area contributed by atoms with Crippen molar-refractivity contribution in [2.24, 2.45) is 5.92 Å². The third kappa shape index (κ3) is 4.54. The molecule has 2 aliphatic rings. The van der Waals surface area contributed by atoms with Crippen LogP contribution in [0.5, 0.6) is 0 Å². The first-order valence-electron chi connectivity index (χ1n) is 11.3. The van der Waals surface area contributed by atoms with Gasteiger partial charge in [-0.25, -0.2) is 17.8 Å². The van der Waals surface area contributed by atoms with Crippen molar-refractivity contribution in [3.05, 3.63) is 59.4 Å². The van der Waals surface area contributed by atoms with E-state index in [1.807, 2.05) is 23.1 Å². The van der Waals surface area contributed by atoms with Gasteiger partial charge in [-0.3, -0.25) is 4.79 Å². The number of halogens is 1. The largest absolute Gasteiger partial charge is 0.342 e. The van der Waals surface area contributed by atoms with E-state index >= 15 is 0 Å². The number of thiazole rings is 1. The molecule has 0 aliphatic carbocycles. The smallest absolute Gasteiger partial charge is 0.243 e. The number of rotatable bonds is 4. The van der Waals surface area contributed by atoms with Gasteiger partial charge in [0.1, 0.15) is 5.82 Å². The minimum absolute atomic E-state index is 0.0276. The molecule has 2 fully saturated rings. The molecule has 1 aromatic heterocycles. The lowest BCUT2D eigenvalue weighted by Gasteiger charge is -2.37. The molecule has 0 N–H and O–H groups in total. The molecule has 5 rings (SSSR count). The summed E-state index contributed by atoms with van der Waals surface area (Å²) in [7, 11) is -3.76. The molecule has 1 amide bonds. The lowest BCUT2D eigenvalue weighted by atomic mass is 9.94. The van der Waals surface area contributed by atoms with Gasteiger partial charge in [-0.05, 0) is 62.1 Å². The Hall–Kier alpha value is -2.36. The van der Waals surface area contributed by atoms with Gasteiger partial charge in [0, 0.05) is 32.1 Å². The summed E-state index contributed by atoms with van der Waals surface area (Å²) in [4.78, 5) is 20.1. The average Bonchev–Trinajstić information content (AvgIpc) is 3.28. The molecule has 6 nitrogen and oxygen atoms in total. The number of nitrogens with zero attached hydrogens (tertiary/aromatic N) is 3. The highest BCUT2D eigenvalue weighted by atomic mass is 32.2. The highest BCUT2D eigenvalue weighted by Crippen LogP contribution is 2.34. The van der Waals surface area contributed by atoms with Crippen LogP contribution in [0.3, 0.4) is 0 Å². The molecule has 0 spiro atoms. The predicted molar refractivity (Wildman–Crippen MR) is 126 cm³/mol. The average molecular weight is 488 g/mol. The molecule has 0 saturated carbocycles. The Morgan fingerprint density at radius 2 is 1.76 bits per heavy atom. The van der Waals surface area contributed by atoms with E-state index in [1.54, 1.807) is 11.3 Å². The molecule has 3 aromatic rings. The Morgan fingerprint density at radius 3 is 2.55 bits per heavy atom. The first kappa shape index (κ1) is 22.4. The van der Waals surface area contributed by atoms with Crippen molar-refractivity contribution in [1.29, 1.82) is 0 Å². The minimum atomic E-state index is -3.76. The van der Waals surface area contributed by atoms with Gasteiger partial charge in [0.15, 0.2) is 0 Å². The van der Waals surface area contributed by atoms with Gasteiger partial charge < -0.3 is 4.90 Å². The Morgan fingerprint density at radius 1 is 1.00 bits per heavy atom. The van der Waals surface area contributed by atoms with E-state index in [1.165, 1.54) is 16.4 Å². The zero-order chi connectivity index (χ0) is 23.0. The number of amides is 1. The Labute approximate surface area is 197 Å².